The molecule has 0 spiro atoms. The van der Waals surface area contributed by atoms with Crippen LogP contribution in [0.5, 0.6) is 5.88 Å². The van der Waals surface area contributed by atoms with Crippen molar-refractivity contribution in [1.29, 1.82) is 0 Å². The Labute approximate surface area is 120 Å². The van der Waals surface area contributed by atoms with E-state index in [1.54, 1.807) is 6.07 Å². The molecule has 0 atom stereocenters. The molecule has 1 rings (SSSR count). The van der Waals surface area contributed by atoms with Gasteiger partial charge in [0.05, 0.1) is 6.61 Å². The molecule has 20 heavy (non-hydrogen) atoms. The molecule has 0 saturated carbocycles. The zero-order valence-electron chi connectivity index (χ0n) is 12.8. The molecule has 112 valence electrons. The van der Waals surface area contributed by atoms with Gasteiger partial charge >= 0.3 is 0 Å². The van der Waals surface area contributed by atoms with E-state index in [4.69, 9.17) is 4.74 Å². The Morgan fingerprint density at radius 1 is 1.30 bits per heavy atom. The molecule has 1 aromatic heterocycles. The van der Waals surface area contributed by atoms with Gasteiger partial charge in [0.2, 0.25) is 17.7 Å². The first-order valence-electron chi connectivity index (χ1n) is 7.10. The zero-order chi connectivity index (χ0) is 15.0. The summed E-state index contributed by atoms with van der Waals surface area (Å²) in [6.07, 6.45) is 0.433. The average Bonchev–Trinajstić information content (AvgIpc) is 2.40. The number of aromatic nitrogens is 2. The van der Waals surface area contributed by atoms with E-state index in [0.29, 0.717) is 31.4 Å². The fourth-order valence-electron chi connectivity index (χ4n) is 1.86. The number of carbonyl (C=O) groups is 1. The van der Waals surface area contributed by atoms with Crippen LogP contribution in [0.4, 0.5) is 5.95 Å². The Kier molecular flexibility index (Phi) is 6.76. The van der Waals surface area contributed by atoms with Crippen LogP contribution in [0.15, 0.2) is 6.07 Å². The van der Waals surface area contributed by atoms with Gasteiger partial charge in [0.15, 0.2) is 0 Å². The van der Waals surface area contributed by atoms with Crippen molar-refractivity contribution in [3.05, 3.63) is 11.8 Å². The maximum Gasteiger partial charge on any atom is 0.226 e. The highest BCUT2D eigenvalue weighted by atomic mass is 16.5. The molecule has 0 saturated heterocycles. The number of rotatable bonds is 8. The number of nitrogens with zero attached hydrogens (tertiary/aromatic N) is 3. The first-order chi connectivity index (χ1) is 9.60. The van der Waals surface area contributed by atoms with Crippen LogP contribution in [0.25, 0.3) is 0 Å². The molecular weight excluding hydrogens is 256 g/mol. The van der Waals surface area contributed by atoms with Crippen LogP contribution in [0, 0.1) is 6.92 Å². The molecule has 0 fully saturated rings. The highest BCUT2D eigenvalue weighted by Crippen LogP contribution is 2.11. The molecule has 1 aromatic rings. The van der Waals surface area contributed by atoms with Crippen LogP contribution in [0.3, 0.4) is 0 Å². The van der Waals surface area contributed by atoms with Crippen molar-refractivity contribution in [1.82, 2.24) is 14.9 Å². The number of carbonyl (C=O) groups excluding carboxylic acids is 1. The van der Waals surface area contributed by atoms with Gasteiger partial charge in [0, 0.05) is 37.8 Å². The van der Waals surface area contributed by atoms with Crippen molar-refractivity contribution in [3.63, 3.8) is 0 Å². The minimum Gasteiger partial charge on any atom is -0.478 e. The maximum absolute atomic E-state index is 11.9. The van der Waals surface area contributed by atoms with E-state index in [1.807, 2.05) is 32.6 Å². The molecule has 0 aliphatic rings. The quantitative estimate of drug-likeness (QED) is 0.787. The lowest BCUT2D eigenvalue weighted by Gasteiger charge is -2.18. The second-order valence-corrected chi connectivity index (χ2v) is 4.35. The third-order valence-corrected chi connectivity index (χ3v) is 2.86. The molecule has 1 heterocycles. The third-order valence-electron chi connectivity index (χ3n) is 2.86. The fourth-order valence-corrected chi connectivity index (χ4v) is 1.86. The summed E-state index contributed by atoms with van der Waals surface area (Å²) in [5.41, 5.74) is 0.834. The van der Waals surface area contributed by atoms with Gasteiger partial charge < -0.3 is 15.0 Å². The zero-order valence-corrected chi connectivity index (χ0v) is 12.8. The summed E-state index contributed by atoms with van der Waals surface area (Å²) in [5, 5.41) is 3.07. The van der Waals surface area contributed by atoms with Gasteiger partial charge in [0.1, 0.15) is 0 Å². The lowest BCUT2D eigenvalue weighted by Crippen LogP contribution is -2.31. The van der Waals surface area contributed by atoms with E-state index in [1.165, 1.54) is 0 Å². The van der Waals surface area contributed by atoms with Crippen LogP contribution in [-0.2, 0) is 4.79 Å². The first kappa shape index (κ1) is 16.2. The van der Waals surface area contributed by atoms with Crippen LogP contribution in [0.1, 0.15) is 32.9 Å². The second kappa shape index (κ2) is 8.35. The molecule has 6 nitrogen and oxygen atoms in total. The van der Waals surface area contributed by atoms with Crippen LogP contribution >= 0.6 is 0 Å². The number of anilines is 1. The molecule has 0 bridgehead atoms. The predicted molar refractivity (Wildman–Crippen MR) is 79.0 cm³/mol. The molecule has 0 radical (unpaired) electrons. The molecule has 1 N–H and O–H groups in total. The summed E-state index contributed by atoms with van der Waals surface area (Å²) in [4.78, 5) is 22.2. The van der Waals surface area contributed by atoms with Gasteiger partial charge in [-0.1, -0.05) is 0 Å². The summed E-state index contributed by atoms with van der Waals surface area (Å²) in [7, 11) is 0. The van der Waals surface area contributed by atoms with Crippen molar-refractivity contribution in [2.75, 3.05) is 31.6 Å². The Morgan fingerprint density at radius 3 is 2.60 bits per heavy atom. The van der Waals surface area contributed by atoms with Gasteiger partial charge in [-0.05, 0) is 27.7 Å². The SMILES string of the molecule is CCOc1cc(C)nc(NCCC(=O)N(CC)CC)n1. The lowest BCUT2D eigenvalue weighted by molar-refractivity contribution is -0.130. The van der Waals surface area contributed by atoms with Crippen molar-refractivity contribution in [3.8, 4) is 5.88 Å². The van der Waals surface area contributed by atoms with Gasteiger partial charge in [0.25, 0.3) is 0 Å². The Balaban J connectivity index is 2.51. The average molecular weight is 280 g/mol. The van der Waals surface area contributed by atoms with Gasteiger partial charge in [-0.2, -0.15) is 4.98 Å². The summed E-state index contributed by atoms with van der Waals surface area (Å²) in [6, 6.07) is 1.79. The number of hydrogen-bond acceptors (Lipinski definition) is 5. The minimum absolute atomic E-state index is 0.139. The van der Waals surface area contributed by atoms with Gasteiger partial charge in [-0.25, -0.2) is 4.98 Å². The second-order valence-electron chi connectivity index (χ2n) is 4.35. The van der Waals surface area contributed by atoms with Gasteiger partial charge in [-0.15, -0.1) is 0 Å². The van der Waals surface area contributed by atoms with Crippen molar-refractivity contribution >= 4 is 11.9 Å². The summed E-state index contributed by atoms with van der Waals surface area (Å²) >= 11 is 0. The number of hydrogen-bond donors (Lipinski definition) is 1. The standard InChI is InChI=1S/C14H24N4O2/c1-5-18(6-2)13(19)8-9-15-14-16-11(4)10-12(17-14)20-7-3/h10H,5-9H2,1-4H3,(H,15,16,17). The molecule has 0 aliphatic carbocycles. The predicted octanol–water partition coefficient (Wildman–Crippen LogP) is 1.85. The highest BCUT2D eigenvalue weighted by molar-refractivity contribution is 5.76. The van der Waals surface area contributed by atoms with E-state index < -0.39 is 0 Å². The lowest BCUT2D eigenvalue weighted by atomic mass is 10.3. The van der Waals surface area contributed by atoms with E-state index in [-0.39, 0.29) is 5.91 Å². The molecule has 0 unspecified atom stereocenters. The monoisotopic (exact) mass is 280 g/mol. The molecule has 0 aliphatic heterocycles. The van der Waals surface area contributed by atoms with Crippen LogP contribution in [0.2, 0.25) is 0 Å². The summed E-state index contributed by atoms with van der Waals surface area (Å²) in [5.74, 6) is 1.19. The van der Waals surface area contributed by atoms with Crippen molar-refractivity contribution in [2.24, 2.45) is 0 Å². The summed E-state index contributed by atoms with van der Waals surface area (Å²) in [6.45, 7) is 10.3. The van der Waals surface area contributed by atoms with Crippen LogP contribution in [-0.4, -0.2) is 47.0 Å². The maximum atomic E-state index is 11.9. The largest absolute Gasteiger partial charge is 0.478 e. The third kappa shape index (κ3) is 5.03. The first-order valence-corrected chi connectivity index (χ1v) is 7.10. The topological polar surface area (TPSA) is 67.3 Å². The Morgan fingerprint density at radius 2 is 2.00 bits per heavy atom. The van der Waals surface area contributed by atoms with Crippen molar-refractivity contribution < 1.29 is 9.53 Å². The van der Waals surface area contributed by atoms with Gasteiger partial charge in [-0.3, -0.25) is 4.79 Å². The summed E-state index contributed by atoms with van der Waals surface area (Å²) < 4.78 is 5.36. The normalized spacial score (nSPS) is 10.2. The number of aryl methyl sites for hydroxylation is 1. The number of ether oxygens (including phenoxy) is 1. The van der Waals surface area contributed by atoms with Crippen molar-refractivity contribution in [2.45, 2.75) is 34.1 Å². The number of nitrogens with one attached hydrogen (secondary N) is 1. The Hall–Kier alpha value is -1.85. The Bertz CT molecular complexity index is 433. The van der Waals surface area contributed by atoms with E-state index >= 15 is 0 Å². The highest BCUT2D eigenvalue weighted by Gasteiger charge is 2.09. The smallest absolute Gasteiger partial charge is 0.226 e. The minimum atomic E-state index is 0.139. The molecular formula is C14H24N4O2. The van der Waals surface area contributed by atoms with E-state index in [2.05, 4.69) is 15.3 Å². The number of amides is 1. The molecule has 0 aromatic carbocycles. The van der Waals surface area contributed by atoms with E-state index in [9.17, 15) is 4.79 Å². The molecule has 6 heteroatoms. The molecule has 1 amide bonds. The van der Waals surface area contributed by atoms with E-state index in [0.717, 1.165) is 18.8 Å². The van der Waals surface area contributed by atoms with Crippen LogP contribution < -0.4 is 10.1 Å². The fraction of sp³-hybridized carbons (Fsp3) is 0.643.